The Hall–Kier alpha value is -2.74. The first-order valence-corrected chi connectivity index (χ1v) is 23.0. The number of thioether (sulfide) groups is 1. The van der Waals surface area contributed by atoms with E-state index in [1.54, 1.807) is 29.9 Å². The molecule has 320 valence electrons. The number of carbonyl (C=O) groups excluding carboxylic acids is 2. The van der Waals surface area contributed by atoms with Crippen molar-refractivity contribution in [3.63, 3.8) is 0 Å². The van der Waals surface area contributed by atoms with Crippen molar-refractivity contribution >= 4 is 44.3 Å². The van der Waals surface area contributed by atoms with Gasteiger partial charge in [-0.25, -0.2) is 13.1 Å². The molecular weight excluding hydrogens is 751 g/mol. The van der Waals surface area contributed by atoms with Gasteiger partial charge in [-0.1, -0.05) is 148 Å². The van der Waals surface area contributed by atoms with Crippen molar-refractivity contribution in [3.05, 3.63) is 69.2 Å². The summed E-state index contributed by atoms with van der Waals surface area (Å²) in [5.74, 6) is 1.49. The highest BCUT2D eigenvalue weighted by molar-refractivity contribution is 8.15. The van der Waals surface area contributed by atoms with Crippen LogP contribution in [0.5, 0.6) is 0 Å². The molecule has 1 unspecified atom stereocenters. The number of rotatable bonds is 6. The summed E-state index contributed by atoms with van der Waals surface area (Å²) in [6.45, 7) is 33.4. The van der Waals surface area contributed by atoms with E-state index < -0.39 is 10.0 Å². The van der Waals surface area contributed by atoms with Crippen LogP contribution >= 0.6 is 23.1 Å². The number of pyridine rings is 1. The minimum atomic E-state index is -3.24. The van der Waals surface area contributed by atoms with Gasteiger partial charge in [0.15, 0.2) is 0 Å². The molecule has 1 atom stereocenters. The molecule has 55 heavy (non-hydrogen) atoms. The summed E-state index contributed by atoms with van der Waals surface area (Å²) in [6, 6.07) is 5.39. The van der Waals surface area contributed by atoms with E-state index in [9.17, 15) is 22.8 Å². The topological polar surface area (TPSA) is 132 Å². The summed E-state index contributed by atoms with van der Waals surface area (Å²) in [4.78, 5) is 32.6. The van der Waals surface area contributed by atoms with Gasteiger partial charge in [-0.15, -0.1) is 11.3 Å². The van der Waals surface area contributed by atoms with Gasteiger partial charge in [0.25, 0.3) is 10.8 Å². The molecule has 2 amide bonds. The summed E-state index contributed by atoms with van der Waals surface area (Å²) >= 11 is 2.34. The van der Waals surface area contributed by atoms with E-state index in [0.717, 1.165) is 22.9 Å². The zero-order chi connectivity index (χ0) is 43.9. The maximum Gasteiger partial charge on any atom is 0.286 e. The minimum absolute atomic E-state index is 0.0659. The molecule has 0 radical (unpaired) electrons. The summed E-state index contributed by atoms with van der Waals surface area (Å²) in [5, 5.41) is 7.78. The van der Waals surface area contributed by atoms with E-state index in [4.69, 9.17) is 0 Å². The lowest BCUT2D eigenvalue weighted by atomic mass is 10.1. The Morgan fingerprint density at radius 2 is 1.22 bits per heavy atom. The zero-order valence-corrected chi connectivity index (χ0v) is 40.3. The molecule has 0 spiro atoms. The number of thiophene rings is 1. The predicted octanol–water partition coefficient (Wildman–Crippen LogP) is 11.5. The molecule has 0 bridgehead atoms. The summed E-state index contributed by atoms with van der Waals surface area (Å²) in [5.41, 5.74) is 3.54. The summed E-state index contributed by atoms with van der Waals surface area (Å²) in [6.07, 6.45) is 10.8. The van der Waals surface area contributed by atoms with Crippen molar-refractivity contribution in [1.29, 1.82) is 0 Å². The fourth-order valence-electron chi connectivity index (χ4n) is 3.34. The van der Waals surface area contributed by atoms with Crippen LogP contribution in [0.3, 0.4) is 0 Å². The first kappa shape index (κ1) is 59.0. The molecule has 0 aliphatic carbocycles. The average Bonchev–Trinajstić information content (AvgIpc) is 3.85. The summed E-state index contributed by atoms with van der Waals surface area (Å²) < 4.78 is 28.8. The number of sulfonamides is 1. The second-order valence-electron chi connectivity index (χ2n) is 14.1. The lowest BCUT2D eigenvalue weighted by Crippen LogP contribution is -2.27. The number of amides is 2. The van der Waals surface area contributed by atoms with Crippen LogP contribution in [0.15, 0.2) is 51.2 Å². The van der Waals surface area contributed by atoms with Gasteiger partial charge in [-0.3, -0.25) is 24.4 Å². The zero-order valence-electron chi connectivity index (χ0n) is 37.9. The smallest absolute Gasteiger partial charge is 0.286 e. The fraction of sp³-hybridized carbons (Fsp3) is 0.667. The van der Waals surface area contributed by atoms with Crippen molar-refractivity contribution < 1.29 is 18.0 Å². The van der Waals surface area contributed by atoms with Crippen LogP contribution in [0, 0.1) is 5.92 Å². The Kier molecular flexibility index (Phi) is 37.0. The van der Waals surface area contributed by atoms with Gasteiger partial charge < -0.3 is 4.57 Å². The van der Waals surface area contributed by atoms with Crippen molar-refractivity contribution in [2.24, 2.45) is 20.0 Å². The number of imide groups is 1. The molecule has 1 aliphatic rings. The van der Waals surface area contributed by atoms with E-state index in [1.807, 2.05) is 63.3 Å². The standard InChI is InChI=1S/C9H13NO.C8H13NO2S2.C7H12N2.C6H9NO2S.4C3H8/c1-7(2)8-4-5-10(3)9(11)6-8;1-6(2)7-4-8(12-5-7)13(10,11)9-3;1-6(2)7-4-8-9(3)5-7;1-3(2)4-5(8)7-6(9)10-4;4*1-3-2/h4-7H,1-3H3;4-6,9H,1-3H3;4-6H,1-3H3;3-4H,1-2H3,(H,7,8,9);4*3H2,1-2H3. The number of hydrogen-bond acceptors (Lipinski definition) is 8. The van der Waals surface area contributed by atoms with Crippen molar-refractivity contribution in [2.75, 3.05) is 7.05 Å². The van der Waals surface area contributed by atoms with Crippen LogP contribution in [-0.4, -0.2) is 46.2 Å². The molecule has 0 saturated carbocycles. The molecular formula is C42H79N5O5S3. The maximum absolute atomic E-state index is 11.3. The second kappa shape index (κ2) is 34.5. The monoisotopic (exact) mass is 830 g/mol. The quantitative estimate of drug-likeness (QED) is 0.253. The molecule has 0 aromatic carbocycles. The summed E-state index contributed by atoms with van der Waals surface area (Å²) in [7, 11) is 1.87. The third-order valence-corrected chi connectivity index (χ3v) is 10.5. The van der Waals surface area contributed by atoms with Gasteiger partial charge in [0.1, 0.15) is 4.21 Å². The number of aryl methyl sites for hydroxylation is 2. The van der Waals surface area contributed by atoms with Crippen molar-refractivity contribution in [3.8, 4) is 0 Å². The van der Waals surface area contributed by atoms with Crippen molar-refractivity contribution in [1.82, 2.24) is 24.4 Å². The van der Waals surface area contributed by atoms with Crippen LogP contribution in [0.25, 0.3) is 0 Å². The average molecular weight is 830 g/mol. The predicted molar refractivity (Wildman–Crippen MR) is 241 cm³/mol. The van der Waals surface area contributed by atoms with Crippen LogP contribution in [-0.2, 0) is 28.9 Å². The van der Waals surface area contributed by atoms with Crippen LogP contribution in [0.1, 0.15) is 171 Å². The number of nitrogens with zero attached hydrogens (tertiary/aromatic N) is 3. The second-order valence-corrected chi connectivity index (χ2v) is 18.3. The van der Waals surface area contributed by atoms with E-state index in [0.29, 0.717) is 22.0 Å². The number of carbonyl (C=O) groups is 2. The van der Waals surface area contributed by atoms with Gasteiger partial charge in [0, 0.05) is 32.6 Å². The number of nitrogens with one attached hydrogen (secondary N) is 2. The van der Waals surface area contributed by atoms with E-state index >= 15 is 0 Å². The van der Waals surface area contributed by atoms with Gasteiger partial charge in [-0.2, -0.15) is 5.10 Å². The van der Waals surface area contributed by atoms with E-state index in [-0.39, 0.29) is 27.9 Å². The van der Waals surface area contributed by atoms with Gasteiger partial charge in [-0.05, 0) is 64.9 Å². The first-order valence-electron chi connectivity index (χ1n) is 19.7. The fourth-order valence-corrected chi connectivity index (χ4v) is 6.36. The Balaban J connectivity index is -0.000000288. The third-order valence-electron chi connectivity index (χ3n) is 6.31. The lowest BCUT2D eigenvalue weighted by molar-refractivity contribution is -0.119. The largest absolute Gasteiger partial charge is 0.319 e. The number of hydrogen-bond donors (Lipinski definition) is 2. The third kappa shape index (κ3) is 29.2. The molecule has 1 aliphatic heterocycles. The molecule has 13 heteroatoms. The lowest BCUT2D eigenvalue weighted by Gasteiger charge is -2.06. The van der Waals surface area contributed by atoms with Crippen LogP contribution in [0.2, 0.25) is 0 Å². The van der Waals surface area contributed by atoms with E-state index in [2.05, 4.69) is 98.2 Å². The molecule has 1 fully saturated rings. The Morgan fingerprint density at radius 3 is 1.47 bits per heavy atom. The molecule has 3 aromatic heterocycles. The van der Waals surface area contributed by atoms with Gasteiger partial charge in [0.2, 0.25) is 15.9 Å². The number of aromatic nitrogens is 3. The van der Waals surface area contributed by atoms with Gasteiger partial charge >= 0.3 is 0 Å². The van der Waals surface area contributed by atoms with E-state index in [1.165, 1.54) is 49.6 Å². The van der Waals surface area contributed by atoms with Crippen LogP contribution < -0.4 is 15.6 Å². The normalized spacial score (nSPS) is 12.7. The Labute approximate surface area is 345 Å². The first-order chi connectivity index (χ1) is 25.5. The Morgan fingerprint density at radius 1 is 0.764 bits per heavy atom. The SMILES string of the molecule is CC(C)C1SC(=O)NC1=O.CC(C)c1ccn(C)c(=O)c1.CC(C)c1cnn(C)c1.CCC.CCC.CCC.CCC.CNS(=O)(=O)c1cc(C(C)C)cs1. The molecule has 1 saturated heterocycles. The molecule has 4 rings (SSSR count). The molecule has 3 aromatic rings. The van der Waals surface area contributed by atoms with Crippen LogP contribution in [0.4, 0.5) is 4.79 Å². The van der Waals surface area contributed by atoms with Crippen molar-refractivity contribution in [2.45, 2.75) is 164 Å². The Bertz CT molecular complexity index is 1550. The molecule has 10 nitrogen and oxygen atoms in total. The highest BCUT2D eigenvalue weighted by Crippen LogP contribution is 2.26. The highest BCUT2D eigenvalue weighted by atomic mass is 32.2. The molecule has 4 heterocycles. The maximum atomic E-state index is 11.3. The highest BCUT2D eigenvalue weighted by Gasteiger charge is 2.33. The minimum Gasteiger partial charge on any atom is -0.319 e. The van der Waals surface area contributed by atoms with Gasteiger partial charge in [0.05, 0.1) is 11.4 Å². The molecule has 2 N–H and O–H groups in total.